The van der Waals surface area contributed by atoms with Crippen LogP contribution in [0.25, 0.3) is 115 Å². The third-order valence-corrected chi connectivity index (χ3v) is 12.2. The Morgan fingerprint density at radius 1 is 0.404 bits per heavy atom. The number of benzene rings is 8. The molecule has 0 radical (unpaired) electrons. The lowest BCUT2D eigenvalue weighted by Gasteiger charge is -2.12. The Balaban J connectivity index is 1.14. The molecule has 0 aliphatic heterocycles. The van der Waals surface area contributed by atoms with Gasteiger partial charge >= 0.3 is 0 Å². The molecule has 57 heavy (non-hydrogen) atoms. The largest absolute Gasteiger partial charge is 0.454 e. The van der Waals surface area contributed by atoms with Gasteiger partial charge in [-0.1, -0.05) is 146 Å². The maximum Gasteiger partial charge on any atom is 0.164 e. The molecule has 0 saturated heterocycles. The van der Waals surface area contributed by atoms with Crippen molar-refractivity contribution in [2.45, 2.75) is 0 Å². The number of hydrogen-bond donors (Lipinski definition) is 0. The van der Waals surface area contributed by atoms with Crippen LogP contribution < -0.4 is 0 Å². The van der Waals surface area contributed by atoms with Gasteiger partial charge in [-0.2, -0.15) is 0 Å². The summed E-state index contributed by atoms with van der Waals surface area (Å²) in [7, 11) is 0. The van der Waals surface area contributed by atoms with Crippen molar-refractivity contribution < 1.29 is 4.42 Å². The van der Waals surface area contributed by atoms with E-state index in [4.69, 9.17) is 19.4 Å². The minimum absolute atomic E-state index is 0.588. The Labute approximate surface area is 330 Å². The smallest absolute Gasteiger partial charge is 0.164 e. The second-order valence-electron chi connectivity index (χ2n) is 14.4. The van der Waals surface area contributed by atoms with E-state index >= 15 is 0 Å². The van der Waals surface area contributed by atoms with E-state index in [0.717, 1.165) is 61.0 Å². The average Bonchev–Trinajstić information content (AvgIpc) is 3.96. The first-order valence-corrected chi connectivity index (χ1v) is 19.8. The minimum atomic E-state index is 0.588. The van der Waals surface area contributed by atoms with Crippen LogP contribution >= 0.6 is 11.3 Å². The van der Waals surface area contributed by atoms with Gasteiger partial charge in [-0.3, -0.25) is 0 Å². The van der Waals surface area contributed by atoms with Crippen LogP contribution in [0.1, 0.15) is 0 Å². The van der Waals surface area contributed by atoms with E-state index in [1.165, 1.54) is 36.5 Å². The van der Waals surface area contributed by atoms with Crippen LogP contribution in [0.4, 0.5) is 0 Å². The quantitative estimate of drug-likeness (QED) is 0.176. The highest BCUT2D eigenvalue weighted by Gasteiger charge is 2.23. The lowest BCUT2D eigenvalue weighted by Crippen LogP contribution is -2.00. The maximum absolute atomic E-state index is 7.07. The summed E-state index contributed by atoms with van der Waals surface area (Å²) in [5, 5.41) is 7.05. The van der Waals surface area contributed by atoms with Crippen molar-refractivity contribution in [1.29, 1.82) is 0 Å². The van der Waals surface area contributed by atoms with E-state index in [1.54, 1.807) is 0 Å². The van der Waals surface area contributed by atoms with Crippen LogP contribution in [0, 0.1) is 0 Å². The molecule has 5 nitrogen and oxygen atoms in total. The molecule has 0 aliphatic carbocycles. The third kappa shape index (κ3) is 5.04. The molecule has 4 aromatic heterocycles. The van der Waals surface area contributed by atoms with Gasteiger partial charge in [0, 0.05) is 53.7 Å². The SMILES string of the molecule is c1ccc(-c2cc(-n3c4ccccc4c4ccc5c6ccccc6sc5c43)c3oc4cc(-c5nc(-c6ccccc6)nc(-c6ccccc6)n5)ccc4c3c2)cc1. The van der Waals surface area contributed by atoms with Crippen LogP contribution in [0.2, 0.25) is 0 Å². The second kappa shape index (κ2) is 12.6. The zero-order valence-electron chi connectivity index (χ0n) is 30.4. The molecule has 0 spiro atoms. The van der Waals surface area contributed by atoms with Gasteiger partial charge in [-0.25, -0.2) is 15.0 Å². The zero-order chi connectivity index (χ0) is 37.5. The van der Waals surface area contributed by atoms with Gasteiger partial charge in [-0.15, -0.1) is 11.3 Å². The summed E-state index contributed by atoms with van der Waals surface area (Å²) in [4.78, 5) is 15.0. The van der Waals surface area contributed by atoms with Crippen molar-refractivity contribution in [1.82, 2.24) is 19.5 Å². The van der Waals surface area contributed by atoms with Gasteiger partial charge in [0.2, 0.25) is 0 Å². The monoisotopic (exact) mass is 746 g/mol. The topological polar surface area (TPSA) is 56.7 Å². The summed E-state index contributed by atoms with van der Waals surface area (Å²) in [5.41, 5.74) is 9.90. The predicted molar refractivity (Wildman–Crippen MR) is 236 cm³/mol. The Hall–Kier alpha value is -7.41. The summed E-state index contributed by atoms with van der Waals surface area (Å²) in [6.07, 6.45) is 0. The molecule has 12 aromatic rings. The summed E-state index contributed by atoms with van der Waals surface area (Å²) >= 11 is 1.85. The first kappa shape index (κ1) is 31.9. The molecule has 0 N–H and O–H groups in total. The normalized spacial score (nSPS) is 11.9. The zero-order valence-corrected chi connectivity index (χ0v) is 31.2. The first-order chi connectivity index (χ1) is 28.2. The molecule has 0 bridgehead atoms. The van der Waals surface area contributed by atoms with E-state index in [9.17, 15) is 0 Å². The van der Waals surface area contributed by atoms with Gasteiger partial charge < -0.3 is 8.98 Å². The molecule has 12 rings (SSSR count). The van der Waals surface area contributed by atoms with Gasteiger partial charge in [0.15, 0.2) is 23.1 Å². The standard InChI is InChI=1S/C51H30N4OS/c1-4-14-31(15-5-1)35-28-41-37-25-24-34(51-53-49(32-16-6-2-7-17-32)52-50(54-51)33-18-8-3-9-19-33)30-44(37)56-47(41)43(29-35)55-42-22-12-10-20-36(42)39-26-27-40-38-21-11-13-23-45(38)57-48(40)46(39)55/h1-30H. The Morgan fingerprint density at radius 2 is 0.982 bits per heavy atom. The third-order valence-electron chi connectivity index (χ3n) is 11.0. The molecule has 0 saturated carbocycles. The molecule has 0 unspecified atom stereocenters. The van der Waals surface area contributed by atoms with Crippen molar-refractivity contribution in [3.05, 3.63) is 182 Å². The molecule has 8 aromatic carbocycles. The van der Waals surface area contributed by atoms with Crippen LogP contribution in [-0.2, 0) is 0 Å². The van der Waals surface area contributed by atoms with Gasteiger partial charge in [0.05, 0.1) is 21.4 Å². The maximum atomic E-state index is 7.07. The average molecular weight is 747 g/mol. The Bertz CT molecular complexity index is 3460. The first-order valence-electron chi connectivity index (χ1n) is 19.0. The van der Waals surface area contributed by atoms with Crippen LogP contribution in [0.3, 0.4) is 0 Å². The number of aromatic nitrogens is 4. The highest BCUT2D eigenvalue weighted by Crippen LogP contribution is 2.46. The van der Waals surface area contributed by atoms with Gasteiger partial charge in [-0.05, 0) is 47.5 Å². The molecular formula is C51H30N4OS. The molecule has 0 atom stereocenters. The fourth-order valence-corrected chi connectivity index (χ4v) is 9.62. The Kier molecular flexibility index (Phi) is 7.03. The number of nitrogens with zero attached hydrogens (tertiary/aromatic N) is 4. The molecule has 0 fully saturated rings. The van der Waals surface area contributed by atoms with Gasteiger partial charge in [0.1, 0.15) is 5.58 Å². The van der Waals surface area contributed by atoms with Crippen molar-refractivity contribution in [3.8, 4) is 51.0 Å². The van der Waals surface area contributed by atoms with Crippen LogP contribution in [-0.4, -0.2) is 19.5 Å². The highest BCUT2D eigenvalue weighted by atomic mass is 32.1. The van der Waals surface area contributed by atoms with E-state index in [2.05, 4.69) is 126 Å². The number of fused-ring (bicyclic) bond motifs is 10. The van der Waals surface area contributed by atoms with Crippen LogP contribution in [0.5, 0.6) is 0 Å². The second-order valence-corrected chi connectivity index (χ2v) is 15.4. The molecule has 0 aliphatic rings. The van der Waals surface area contributed by atoms with E-state index in [-0.39, 0.29) is 0 Å². The molecule has 266 valence electrons. The molecule has 6 heteroatoms. The summed E-state index contributed by atoms with van der Waals surface area (Å²) in [5.74, 6) is 1.83. The van der Waals surface area contributed by atoms with Crippen LogP contribution in [0.15, 0.2) is 186 Å². The molecule has 4 heterocycles. The molecule has 0 amide bonds. The van der Waals surface area contributed by atoms with E-state index < -0.39 is 0 Å². The number of thiophene rings is 1. The fourth-order valence-electron chi connectivity index (χ4n) is 8.38. The molecular weight excluding hydrogens is 717 g/mol. The predicted octanol–water partition coefficient (Wildman–Crippen LogP) is 13.9. The van der Waals surface area contributed by atoms with Crippen molar-refractivity contribution in [3.63, 3.8) is 0 Å². The fraction of sp³-hybridized carbons (Fsp3) is 0. The lowest BCUT2D eigenvalue weighted by atomic mass is 10.0. The minimum Gasteiger partial charge on any atom is -0.454 e. The number of rotatable bonds is 5. The van der Waals surface area contributed by atoms with Crippen molar-refractivity contribution in [2.24, 2.45) is 0 Å². The summed E-state index contributed by atoms with van der Waals surface area (Å²) in [6, 6.07) is 63.7. The number of hydrogen-bond acceptors (Lipinski definition) is 5. The van der Waals surface area contributed by atoms with Gasteiger partial charge in [0.25, 0.3) is 0 Å². The summed E-state index contributed by atoms with van der Waals surface area (Å²) < 4.78 is 12.0. The van der Waals surface area contributed by atoms with E-state index in [1.807, 2.05) is 72.0 Å². The van der Waals surface area contributed by atoms with E-state index in [0.29, 0.717) is 17.5 Å². The number of furan rings is 1. The lowest BCUT2D eigenvalue weighted by molar-refractivity contribution is 0.666. The van der Waals surface area contributed by atoms with Crippen molar-refractivity contribution in [2.75, 3.05) is 0 Å². The van der Waals surface area contributed by atoms with Crippen molar-refractivity contribution >= 4 is 75.3 Å². The summed E-state index contributed by atoms with van der Waals surface area (Å²) in [6.45, 7) is 0. The number of para-hydroxylation sites is 1. The Morgan fingerprint density at radius 3 is 1.70 bits per heavy atom. The highest BCUT2D eigenvalue weighted by molar-refractivity contribution is 7.26.